The van der Waals surface area contributed by atoms with Gasteiger partial charge in [-0.3, -0.25) is 4.79 Å². The van der Waals surface area contributed by atoms with Crippen LogP contribution in [0.2, 0.25) is 0 Å². The standard InChI is InChI=1S/C17H14BrN3O3/c1-9-7-11(18)8-13-14(9)19-17(23)15(13)20-21-16(22)10-3-5-12(24-2)6-4-10/h3-8,19,23H,1-2H3. The number of amides is 1. The highest BCUT2D eigenvalue weighted by molar-refractivity contribution is 9.10. The van der Waals surface area contributed by atoms with Crippen molar-refractivity contribution in [2.75, 3.05) is 7.11 Å². The molecule has 2 aromatic carbocycles. The molecular weight excluding hydrogens is 374 g/mol. The highest BCUT2D eigenvalue weighted by Gasteiger charge is 2.14. The van der Waals surface area contributed by atoms with E-state index in [2.05, 4.69) is 31.1 Å². The highest BCUT2D eigenvalue weighted by atomic mass is 79.9. The summed E-state index contributed by atoms with van der Waals surface area (Å²) in [6.45, 7) is 1.91. The lowest BCUT2D eigenvalue weighted by atomic mass is 10.1. The number of halogens is 1. The summed E-state index contributed by atoms with van der Waals surface area (Å²) in [5, 5.41) is 18.4. The normalized spacial score (nSPS) is 11.3. The molecule has 0 aliphatic rings. The number of nitrogens with one attached hydrogen (secondary N) is 1. The summed E-state index contributed by atoms with van der Waals surface area (Å²) in [5.74, 6) is 0.0219. The van der Waals surface area contributed by atoms with Crippen LogP contribution in [0.1, 0.15) is 15.9 Å². The van der Waals surface area contributed by atoms with Crippen molar-refractivity contribution >= 4 is 38.4 Å². The Hall–Kier alpha value is -2.67. The Morgan fingerprint density at radius 2 is 1.96 bits per heavy atom. The van der Waals surface area contributed by atoms with Gasteiger partial charge in [-0.25, -0.2) is 0 Å². The second-order valence-corrected chi connectivity index (χ2v) is 6.12. The van der Waals surface area contributed by atoms with Crippen LogP contribution in [0, 0.1) is 6.92 Å². The zero-order valence-corrected chi connectivity index (χ0v) is 14.6. The van der Waals surface area contributed by atoms with Crippen molar-refractivity contribution in [3.8, 4) is 11.6 Å². The van der Waals surface area contributed by atoms with Gasteiger partial charge in [-0.15, -0.1) is 10.2 Å². The summed E-state index contributed by atoms with van der Waals surface area (Å²) >= 11 is 3.41. The van der Waals surface area contributed by atoms with Crippen molar-refractivity contribution in [2.24, 2.45) is 10.2 Å². The summed E-state index contributed by atoms with van der Waals surface area (Å²) < 4.78 is 5.90. The van der Waals surface area contributed by atoms with Crippen LogP contribution in [-0.4, -0.2) is 23.1 Å². The Morgan fingerprint density at radius 1 is 1.25 bits per heavy atom. The van der Waals surface area contributed by atoms with E-state index in [-0.39, 0.29) is 11.6 Å². The molecule has 1 aromatic heterocycles. The number of carbonyl (C=O) groups excluding carboxylic acids is 1. The van der Waals surface area contributed by atoms with E-state index >= 15 is 0 Å². The Morgan fingerprint density at radius 3 is 2.62 bits per heavy atom. The van der Waals surface area contributed by atoms with Gasteiger partial charge < -0.3 is 14.8 Å². The molecule has 0 bridgehead atoms. The maximum atomic E-state index is 12.1. The lowest BCUT2D eigenvalue weighted by molar-refractivity contribution is 0.0995. The molecule has 3 aromatic rings. The Labute approximate surface area is 146 Å². The van der Waals surface area contributed by atoms with Crippen molar-refractivity contribution in [3.63, 3.8) is 0 Å². The molecule has 0 unspecified atom stereocenters. The number of ether oxygens (including phenoxy) is 1. The molecule has 0 aliphatic heterocycles. The average Bonchev–Trinajstić information content (AvgIpc) is 2.88. The summed E-state index contributed by atoms with van der Waals surface area (Å²) in [4.78, 5) is 15.0. The van der Waals surface area contributed by atoms with Crippen LogP contribution >= 0.6 is 15.9 Å². The first-order valence-electron chi connectivity index (χ1n) is 7.10. The summed E-state index contributed by atoms with van der Waals surface area (Å²) in [6, 6.07) is 10.3. The molecule has 3 rings (SSSR count). The van der Waals surface area contributed by atoms with Crippen LogP contribution in [0.5, 0.6) is 11.6 Å². The number of azo groups is 1. The van der Waals surface area contributed by atoms with Crippen LogP contribution in [0.25, 0.3) is 10.9 Å². The number of rotatable bonds is 3. The first-order chi connectivity index (χ1) is 11.5. The van der Waals surface area contributed by atoms with Crippen molar-refractivity contribution in [2.45, 2.75) is 6.92 Å². The molecule has 2 N–H and O–H groups in total. The fraction of sp³-hybridized carbons (Fsp3) is 0.118. The Balaban J connectivity index is 1.95. The number of H-pyrrole nitrogens is 1. The topological polar surface area (TPSA) is 87.0 Å². The van der Waals surface area contributed by atoms with Gasteiger partial charge in [-0.1, -0.05) is 15.9 Å². The molecule has 6 nitrogen and oxygen atoms in total. The van der Waals surface area contributed by atoms with Gasteiger partial charge in [-0.05, 0) is 48.9 Å². The van der Waals surface area contributed by atoms with Crippen LogP contribution in [0.3, 0.4) is 0 Å². The highest BCUT2D eigenvalue weighted by Crippen LogP contribution is 2.38. The second kappa shape index (κ2) is 6.45. The number of methoxy groups -OCH3 is 1. The van der Waals surface area contributed by atoms with Crippen LogP contribution < -0.4 is 4.74 Å². The van der Waals surface area contributed by atoms with E-state index in [0.29, 0.717) is 16.7 Å². The van der Waals surface area contributed by atoms with Crippen molar-refractivity contribution in [1.29, 1.82) is 0 Å². The number of aromatic amines is 1. The van der Waals surface area contributed by atoms with Crippen LogP contribution in [0.4, 0.5) is 5.69 Å². The molecule has 1 heterocycles. The van der Waals surface area contributed by atoms with Gasteiger partial charge in [0.2, 0.25) is 5.88 Å². The molecular formula is C17H14BrN3O3. The minimum atomic E-state index is -0.502. The first-order valence-corrected chi connectivity index (χ1v) is 7.90. The van der Waals surface area contributed by atoms with Crippen LogP contribution in [-0.2, 0) is 0 Å². The number of hydrogen-bond donors (Lipinski definition) is 2. The number of carbonyl (C=O) groups is 1. The fourth-order valence-corrected chi connectivity index (χ4v) is 2.96. The SMILES string of the molecule is COc1ccc(C(=O)N=Nc2c(O)[nH]c3c(C)cc(Br)cc23)cc1. The molecule has 0 atom stereocenters. The maximum absolute atomic E-state index is 12.1. The third-order valence-corrected chi connectivity index (χ3v) is 4.06. The number of benzene rings is 2. The van der Waals surface area contributed by atoms with E-state index < -0.39 is 5.91 Å². The molecule has 0 spiro atoms. The van der Waals surface area contributed by atoms with Gasteiger partial charge in [0.05, 0.1) is 12.6 Å². The zero-order valence-electron chi connectivity index (χ0n) is 13.0. The predicted molar refractivity (Wildman–Crippen MR) is 94.2 cm³/mol. The molecule has 24 heavy (non-hydrogen) atoms. The molecule has 122 valence electrons. The van der Waals surface area contributed by atoms with Gasteiger partial charge >= 0.3 is 0 Å². The van der Waals surface area contributed by atoms with Gasteiger partial charge in [0.15, 0.2) is 5.69 Å². The molecule has 0 fully saturated rings. The van der Waals surface area contributed by atoms with Gasteiger partial charge in [0.1, 0.15) is 5.75 Å². The molecule has 0 saturated heterocycles. The minimum absolute atomic E-state index is 0.127. The third kappa shape index (κ3) is 3.03. The average molecular weight is 388 g/mol. The maximum Gasteiger partial charge on any atom is 0.295 e. The smallest absolute Gasteiger partial charge is 0.295 e. The van der Waals surface area contributed by atoms with E-state index in [1.165, 1.54) is 0 Å². The molecule has 1 amide bonds. The summed E-state index contributed by atoms with van der Waals surface area (Å²) in [5.41, 5.74) is 2.31. The minimum Gasteiger partial charge on any atom is -0.497 e. The number of hydrogen-bond acceptors (Lipinski definition) is 4. The van der Waals surface area contributed by atoms with E-state index in [0.717, 1.165) is 15.6 Å². The monoisotopic (exact) mass is 387 g/mol. The molecule has 0 saturated carbocycles. The lowest BCUT2D eigenvalue weighted by Gasteiger charge is -1.99. The largest absolute Gasteiger partial charge is 0.497 e. The summed E-state index contributed by atoms with van der Waals surface area (Å²) in [6.07, 6.45) is 0. The molecule has 0 radical (unpaired) electrons. The number of aromatic hydroxyl groups is 1. The van der Waals surface area contributed by atoms with Gasteiger partial charge in [0, 0.05) is 15.4 Å². The van der Waals surface area contributed by atoms with E-state index in [1.54, 1.807) is 31.4 Å². The zero-order chi connectivity index (χ0) is 17.3. The molecule has 0 aliphatic carbocycles. The number of fused-ring (bicyclic) bond motifs is 1. The lowest BCUT2D eigenvalue weighted by Crippen LogP contribution is -1.93. The number of aromatic nitrogens is 1. The van der Waals surface area contributed by atoms with Crippen molar-refractivity contribution in [3.05, 3.63) is 52.0 Å². The van der Waals surface area contributed by atoms with E-state index in [1.807, 2.05) is 19.1 Å². The summed E-state index contributed by atoms with van der Waals surface area (Å²) in [7, 11) is 1.55. The first kappa shape index (κ1) is 16.2. The van der Waals surface area contributed by atoms with E-state index in [4.69, 9.17) is 4.74 Å². The second-order valence-electron chi connectivity index (χ2n) is 5.20. The number of aryl methyl sites for hydroxylation is 1. The number of nitrogens with zero attached hydrogens (tertiary/aromatic N) is 2. The van der Waals surface area contributed by atoms with Gasteiger partial charge in [0.25, 0.3) is 5.91 Å². The molecule has 7 heteroatoms. The third-order valence-electron chi connectivity index (χ3n) is 3.60. The van der Waals surface area contributed by atoms with Crippen molar-refractivity contribution in [1.82, 2.24) is 4.98 Å². The fourth-order valence-electron chi connectivity index (χ4n) is 2.39. The van der Waals surface area contributed by atoms with Crippen LogP contribution in [0.15, 0.2) is 51.1 Å². The van der Waals surface area contributed by atoms with Gasteiger partial charge in [-0.2, -0.15) is 0 Å². The Bertz CT molecular complexity index is 946. The predicted octanol–water partition coefficient (Wildman–Crippen LogP) is 4.88. The quantitative estimate of drug-likeness (QED) is 0.627. The Kier molecular flexibility index (Phi) is 4.35. The van der Waals surface area contributed by atoms with Crippen molar-refractivity contribution < 1.29 is 14.6 Å². The van der Waals surface area contributed by atoms with E-state index in [9.17, 15) is 9.90 Å².